The van der Waals surface area contributed by atoms with Gasteiger partial charge in [-0.2, -0.15) is 0 Å². The van der Waals surface area contributed by atoms with Crippen LogP contribution >= 0.6 is 0 Å². The van der Waals surface area contributed by atoms with E-state index < -0.39 is 0 Å². The van der Waals surface area contributed by atoms with Crippen molar-refractivity contribution < 1.29 is 0 Å². The summed E-state index contributed by atoms with van der Waals surface area (Å²) in [5.41, 5.74) is 9.06. The van der Waals surface area contributed by atoms with Gasteiger partial charge in [-0.15, -0.1) is 0 Å². The number of fused-ring (bicyclic) bond motifs is 1. The van der Waals surface area contributed by atoms with Crippen molar-refractivity contribution in [2.24, 2.45) is 11.7 Å². The summed E-state index contributed by atoms with van der Waals surface area (Å²) in [6, 6.07) is 0. The van der Waals surface area contributed by atoms with Gasteiger partial charge in [0.2, 0.25) is 0 Å². The second kappa shape index (κ2) is 2.73. The van der Waals surface area contributed by atoms with Gasteiger partial charge in [0.25, 0.3) is 0 Å². The second-order valence-electron chi connectivity index (χ2n) is 3.41. The molecular formula is C11H12N2. The molecular weight excluding hydrogens is 160 g/mol. The van der Waals surface area contributed by atoms with E-state index in [1.54, 1.807) is 0 Å². The highest BCUT2D eigenvalue weighted by molar-refractivity contribution is 5.95. The SMILES string of the molecule is CC1=CC=CC=C2C(=C1)C2C(=N)N. The molecule has 0 aliphatic heterocycles. The van der Waals surface area contributed by atoms with Crippen LogP contribution in [0, 0.1) is 11.3 Å². The molecule has 66 valence electrons. The number of nitrogens with two attached hydrogens (primary N) is 1. The largest absolute Gasteiger partial charge is 0.387 e. The van der Waals surface area contributed by atoms with E-state index >= 15 is 0 Å². The van der Waals surface area contributed by atoms with Crippen LogP contribution in [0.3, 0.4) is 0 Å². The third-order valence-corrected chi connectivity index (χ3v) is 2.31. The van der Waals surface area contributed by atoms with Crippen molar-refractivity contribution in [2.75, 3.05) is 0 Å². The fraction of sp³-hybridized carbons (Fsp3) is 0.182. The summed E-state index contributed by atoms with van der Waals surface area (Å²) in [5, 5.41) is 7.37. The number of hydrogen-bond donors (Lipinski definition) is 2. The standard InChI is InChI=1S/C11H12N2/c1-7-4-2-3-5-8-9(6-7)10(8)11(12)13/h2-6,10H,1H3,(H3,12,13). The van der Waals surface area contributed by atoms with E-state index in [0.717, 1.165) is 0 Å². The van der Waals surface area contributed by atoms with Crippen molar-refractivity contribution in [1.29, 1.82) is 5.41 Å². The van der Waals surface area contributed by atoms with E-state index in [2.05, 4.69) is 19.1 Å². The smallest absolute Gasteiger partial charge is 0.103 e. The summed E-state index contributed by atoms with van der Waals surface area (Å²) in [6.45, 7) is 2.05. The van der Waals surface area contributed by atoms with Crippen LogP contribution in [0.5, 0.6) is 0 Å². The van der Waals surface area contributed by atoms with Gasteiger partial charge in [0.15, 0.2) is 0 Å². The lowest BCUT2D eigenvalue weighted by atomic mass is 10.2. The molecule has 0 saturated heterocycles. The molecule has 13 heavy (non-hydrogen) atoms. The summed E-state index contributed by atoms with van der Waals surface area (Å²) < 4.78 is 0. The number of allylic oxidation sites excluding steroid dienone is 6. The first kappa shape index (κ1) is 8.05. The van der Waals surface area contributed by atoms with Crippen molar-refractivity contribution in [3.8, 4) is 0 Å². The minimum atomic E-state index is 0.0890. The number of nitrogens with one attached hydrogen (secondary N) is 1. The highest BCUT2D eigenvalue weighted by Crippen LogP contribution is 2.45. The molecule has 1 saturated carbocycles. The molecule has 1 fully saturated rings. The average Bonchev–Trinajstić information content (AvgIpc) is 2.67. The van der Waals surface area contributed by atoms with Crippen LogP contribution in [0.4, 0.5) is 0 Å². The van der Waals surface area contributed by atoms with Crippen molar-refractivity contribution in [3.05, 3.63) is 47.1 Å². The first-order valence-corrected chi connectivity index (χ1v) is 4.31. The van der Waals surface area contributed by atoms with Gasteiger partial charge in [-0.1, -0.05) is 36.0 Å². The van der Waals surface area contributed by atoms with E-state index in [9.17, 15) is 0 Å². The molecule has 2 nitrogen and oxygen atoms in total. The Bertz CT molecular complexity index is 381. The summed E-state index contributed by atoms with van der Waals surface area (Å²) >= 11 is 0. The molecule has 0 aromatic rings. The van der Waals surface area contributed by atoms with Gasteiger partial charge in [0, 0.05) is 0 Å². The minimum absolute atomic E-state index is 0.0890. The monoisotopic (exact) mass is 172 g/mol. The lowest BCUT2D eigenvalue weighted by molar-refractivity contribution is 1.23. The average molecular weight is 172 g/mol. The third kappa shape index (κ3) is 1.35. The number of rotatable bonds is 1. The zero-order valence-corrected chi connectivity index (χ0v) is 7.54. The Morgan fingerprint density at radius 2 is 2.00 bits per heavy atom. The molecule has 0 heterocycles. The third-order valence-electron chi connectivity index (χ3n) is 2.31. The van der Waals surface area contributed by atoms with E-state index in [4.69, 9.17) is 11.1 Å². The molecule has 2 heteroatoms. The molecule has 0 aromatic carbocycles. The zero-order chi connectivity index (χ0) is 9.42. The minimum Gasteiger partial charge on any atom is -0.387 e. The van der Waals surface area contributed by atoms with Gasteiger partial charge >= 0.3 is 0 Å². The number of hydrogen-bond acceptors (Lipinski definition) is 1. The zero-order valence-electron chi connectivity index (χ0n) is 7.54. The Balaban J connectivity index is 2.37. The van der Waals surface area contributed by atoms with Crippen LogP contribution in [-0.4, -0.2) is 5.84 Å². The Morgan fingerprint density at radius 3 is 2.69 bits per heavy atom. The molecule has 1 atom stereocenters. The Hall–Kier alpha value is -1.57. The van der Waals surface area contributed by atoms with Crippen molar-refractivity contribution in [2.45, 2.75) is 6.92 Å². The van der Waals surface area contributed by atoms with Crippen molar-refractivity contribution >= 4 is 5.84 Å². The fourth-order valence-electron chi connectivity index (χ4n) is 1.61. The normalized spacial score (nSPS) is 24.7. The maximum absolute atomic E-state index is 7.37. The summed E-state index contributed by atoms with van der Waals surface area (Å²) in [6.07, 6.45) is 10.2. The topological polar surface area (TPSA) is 49.9 Å². The van der Waals surface area contributed by atoms with Gasteiger partial charge in [-0.3, -0.25) is 5.41 Å². The van der Waals surface area contributed by atoms with Crippen LogP contribution in [0.25, 0.3) is 0 Å². The molecule has 0 amide bonds. The van der Waals surface area contributed by atoms with Gasteiger partial charge in [-0.25, -0.2) is 0 Å². The van der Waals surface area contributed by atoms with E-state index in [-0.39, 0.29) is 11.8 Å². The molecule has 0 spiro atoms. The van der Waals surface area contributed by atoms with Gasteiger partial charge < -0.3 is 5.73 Å². The Morgan fingerprint density at radius 1 is 1.31 bits per heavy atom. The summed E-state index contributed by atoms with van der Waals surface area (Å²) in [5.74, 6) is 0.340. The first-order valence-electron chi connectivity index (χ1n) is 4.31. The predicted molar refractivity (Wildman–Crippen MR) is 54.5 cm³/mol. The van der Waals surface area contributed by atoms with Gasteiger partial charge in [-0.05, 0) is 18.1 Å². The maximum atomic E-state index is 7.37. The molecule has 2 rings (SSSR count). The predicted octanol–water partition coefficient (Wildman–Crippen LogP) is 1.92. The van der Waals surface area contributed by atoms with E-state index in [1.807, 2.05) is 18.2 Å². The van der Waals surface area contributed by atoms with Gasteiger partial charge in [0.05, 0.1) is 5.92 Å². The van der Waals surface area contributed by atoms with Crippen LogP contribution in [0.15, 0.2) is 47.1 Å². The molecule has 0 aromatic heterocycles. The lowest BCUT2D eigenvalue weighted by Crippen LogP contribution is -2.11. The molecule has 3 N–H and O–H groups in total. The van der Waals surface area contributed by atoms with Crippen LogP contribution < -0.4 is 5.73 Å². The molecule has 0 radical (unpaired) electrons. The first-order chi connectivity index (χ1) is 6.20. The highest BCUT2D eigenvalue weighted by Gasteiger charge is 2.39. The maximum Gasteiger partial charge on any atom is 0.103 e. The van der Waals surface area contributed by atoms with E-state index in [0.29, 0.717) is 0 Å². The molecule has 2 aliphatic carbocycles. The molecule has 0 bridgehead atoms. The van der Waals surface area contributed by atoms with Crippen molar-refractivity contribution in [3.63, 3.8) is 0 Å². The van der Waals surface area contributed by atoms with Crippen molar-refractivity contribution in [1.82, 2.24) is 0 Å². The van der Waals surface area contributed by atoms with Crippen LogP contribution in [0.2, 0.25) is 0 Å². The summed E-state index contributed by atoms with van der Waals surface area (Å²) in [4.78, 5) is 0. The van der Waals surface area contributed by atoms with Crippen LogP contribution in [-0.2, 0) is 0 Å². The lowest BCUT2D eigenvalue weighted by Gasteiger charge is -1.88. The molecule has 2 aliphatic rings. The highest BCUT2D eigenvalue weighted by atomic mass is 14.7. The molecule has 1 unspecified atom stereocenters. The Labute approximate surface area is 77.6 Å². The Kier molecular flexibility index (Phi) is 1.69. The van der Waals surface area contributed by atoms with Crippen LogP contribution in [0.1, 0.15) is 6.92 Å². The van der Waals surface area contributed by atoms with E-state index in [1.165, 1.54) is 16.7 Å². The second-order valence-corrected chi connectivity index (χ2v) is 3.41. The quantitative estimate of drug-likeness (QED) is 0.460. The summed E-state index contributed by atoms with van der Waals surface area (Å²) in [7, 11) is 0. The fourth-order valence-corrected chi connectivity index (χ4v) is 1.61. The number of amidine groups is 1. The van der Waals surface area contributed by atoms with Gasteiger partial charge in [0.1, 0.15) is 5.84 Å².